The number of hydrogen-bond acceptors (Lipinski definition) is 3. The maximum Gasteiger partial charge on any atom is 0.227 e. The van der Waals surface area contributed by atoms with Crippen molar-refractivity contribution in [2.75, 3.05) is 18.0 Å². The van der Waals surface area contributed by atoms with Crippen LogP contribution in [-0.2, 0) is 17.8 Å². The number of benzene rings is 1. The summed E-state index contributed by atoms with van der Waals surface area (Å²) < 4.78 is 0. The number of nitrogens with one attached hydrogen (secondary N) is 1. The van der Waals surface area contributed by atoms with Gasteiger partial charge in [0.1, 0.15) is 0 Å². The van der Waals surface area contributed by atoms with E-state index in [0.29, 0.717) is 18.9 Å². The van der Waals surface area contributed by atoms with E-state index in [4.69, 9.17) is 5.73 Å². The third kappa shape index (κ3) is 4.35. The van der Waals surface area contributed by atoms with Crippen LogP contribution in [0.15, 0.2) is 46.8 Å². The molecule has 2 aromatic rings. The van der Waals surface area contributed by atoms with E-state index in [1.807, 2.05) is 29.2 Å². The van der Waals surface area contributed by atoms with Crippen LogP contribution in [0.4, 0.5) is 5.69 Å². The molecule has 2 heterocycles. The highest BCUT2D eigenvalue weighted by molar-refractivity contribution is 7.09. The molecule has 0 aliphatic carbocycles. The smallest absolute Gasteiger partial charge is 0.227 e. The van der Waals surface area contributed by atoms with Gasteiger partial charge in [0, 0.05) is 30.1 Å². The Kier molecular flexibility index (Phi) is 5.48. The molecule has 1 aliphatic heterocycles. The summed E-state index contributed by atoms with van der Waals surface area (Å²) in [6.07, 6.45) is 2.55. The summed E-state index contributed by atoms with van der Waals surface area (Å²) in [4.78, 5) is 19.3. The number of anilines is 1. The lowest BCUT2D eigenvalue weighted by atomic mass is 10.2. The second-order valence-electron chi connectivity index (χ2n) is 5.77. The molecule has 0 atom stereocenters. The first-order valence-corrected chi connectivity index (χ1v) is 9.06. The fourth-order valence-electron chi connectivity index (χ4n) is 2.70. The molecular weight excluding hydrogens is 320 g/mol. The van der Waals surface area contributed by atoms with Crippen LogP contribution in [-0.4, -0.2) is 25.0 Å². The van der Waals surface area contributed by atoms with Crippen molar-refractivity contribution in [1.82, 2.24) is 5.32 Å². The number of guanidine groups is 1. The van der Waals surface area contributed by atoms with Gasteiger partial charge in [-0.05, 0) is 42.0 Å². The highest BCUT2D eigenvalue weighted by atomic mass is 32.1. The van der Waals surface area contributed by atoms with Gasteiger partial charge in [0.05, 0.1) is 6.54 Å². The normalized spacial score (nSPS) is 15.1. The van der Waals surface area contributed by atoms with Gasteiger partial charge in [-0.25, -0.2) is 4.99 Å². The summed E-state index contributed by atoms with van der Waals surface area (Å²) in [5.41, 5.74) is 7.94. The standard InChI is InChI=1S/C18H22N4OS/c19-18(20-10-9-16-3-2-12-24-16)21-13-14-5-7-15(8-6-14)22-11-1-4-17(22)23/h2-3,5-8,12H,1,4,9-11,13H2,(H3,19,20,21). The van der Waals surface area contributed by atoms with E-state index in [0.717, 1.165) is 37.2 Å². The Morgan fingerprint density at radius 2 is 2.12 bits per heavy atom. The molecule has 5 nitrogen and oxygen atoms in total. The maximum atomic E-state index is 11.7. The molecule has 126 valence electrons. The van der Waals surface area contributed by atoms with Crippen molar-refractivity contribution >= 4 is 28.9 Å². The number of aliphatic imine (C=N–C) groups is 1. The number of thiophene rings is 1. The van der Waals surface area contributed by atoms with Crippen LogP contribution in [0.25, 0.3) is 0 Å². The monoisotopic (exact) mass is 342 g/mol. The number of hydrogen-bond donors (Lipinski definition) is 2. The number of rotatable bonds is 6. The molecule has 0 bridgehead atoms. The third-order valence-corrected chi connectivity index (χ3v) is 4.95. The summed E-state index contributed by atoms with van der Waals surface area (Å²) in [6, 6.07) is 12.1. The molecule has 6 heteroatoms. The Labute approximate surface area is 146 Å². The molecule has 3 N–H and O–H groups in total. The Bertz CT molecular complexity index is 694. The molecule has 0 saturated carbocycles. The fraction of sp³-hybridized carbons (Fsp3) is 0.333. The molecule has 1 saturated heterocycles. The minimum atomic E-state index is 0.208. The zero-order valence-electron chi connectivity index (χ0n) is 13.6. The summed E-state index contributed by atoms with van der Waals surface area (Å²) in [6.45, 7) is 2.13. The molecule has 0 spiro atoms. The second-order valence-corrected chi connectivity index (χ2v) is 6.81. The SMILES string of the molecule is NC(=NCc1ccc(N2CCCC2=O)cc1)NCCc1cccs1. The zero-order chi connectivity index (χ0) is 16.8. The minimum absolute atomic E-state index is 0.208. The van der Waals surface area contributed by atoms with E-state index in [1.54, 1.807) is 11.3 Å². The van der Waals surface area contributed by atoms with Crippen LogP contribution < -0.4 is 16.0 Å². The van der Waals surface area contributed by atoms with Gasteiger partial charge in [-0.3, -0.25) is 4.79 Å². The van der Waals surface area contributed by atoms with Crippen molar-refractivity contribution in [2.24, 2.45) is 10.7 Å². The van der Waals surface area contributed by atoms with E-state index in [-0.39, 0.29) is 5.91 Å². The predicted molar refractivity (Wildman–Crippen MR) is 99.4 cm³/mol. The van der Waals surface area contributed by atoms with E-state index in [1.165, 1.54) is 4.88 Å². The number of carbonyl (C=O) groups is 1. The van der Waals surface area contributed by atoms with Gasteiger partial charge in [-0.15, -0.1) is 11.3 Å². The van der Waals surface area contributed by atoms with Gasteiger partial charge < -0.3 is 16.0 Å². The third-order valence-electron chi connectivity index (χ3n) is 4.01. The highest BCUT2D eigenvalue weighted by Crippen LogP contribution is 2.21. The number of carbonyl (C=O) groups excluding carboxylic acids is 1. The first kappa shape index (κ1) is 16.5. The lowest BCUT2D eigenvalue weighted by Gasteiger charge is -2.15. The largest absolute Gasteiger partial charge is 0.370 e. The first-order chi connectivity index (χ1) is 11.7. The first-order valence-electron chi connectivity index (χ1n) is 8.18. The number of amides is 1. The van der Waals surface area contributed by atoms with Crippen LogP contribution in [0.5, 0.6) is 0 Å². The van der Waals surface area contributed by atoms with E-state index < -0.39 is 0 Å². The summed E-state index contributed by atoms with van der Waals surface area (Å²) >= 11 is 1.75. The summed E-state index contributed by atoms with van der Waals surface area (Å²) in [5, 5.41) is 5.21. The second kappa shape index (κ2) is 7.97. The Balaban J connectivity index is 1.47. The highest BCUT2D eigenvalue weighted by Gasteiger charge is 2.21. The molecular formula is C18H22N4OS. The molecule has 1 aromatic carbocycles. The molecule has 1 amide bonds. The maximum absolute atomic E-state index is 11.7. The molecule has 0 radical (unpaired) electrons. The summed E-state index contributed by atoms with van der Waals surface area (Å²) in [5.74, 6) is 0.672. The van der Waals surface area contributed by atoms with Crippen LogP contribution in [0.1, 0.15) is 23.3 Å². The van der Waals surface area contributed by atoms with Gasteiger partial charge in [0.2, 0.25) is 5.91 Å². The van der Waals surface area contributed by atoms with Crippen molar-refractivity contribution < 1.29 is 4.79 Å². The molecule has 1 aliphatic rings. The van der Waals surface area contributed by atoms with E-state index >= 15 is 0 Å². The average Bonchev–Trinajstić information content (AvgIpc) is 3.25. The van der Waals surface area contributed by atoms with Crippen molar-refractivity contribution in [3.05, 3.63) is 52.2 Å². The number of nitrogens with two attached hydrogens (primary N) is 1. The quantitative estimate of drug-likeness (QED) is 0.626. The minimum Gasteiger partial charge on any atom is -0.370 e. The Morgan fingerprint density at radius 1 is 1.29 bits per heavy atom. The van der Waals surface area contributed by atoms with Crippen LogP contribution in [0.2, 0.25) is 0 Å². The zero-order valence-corrected chi connectivity index (χ0v) is 14.4. The number of nitrogens with zero attached hydrogens (tertiary/aromatic N) is 2. The van der Waals surface area contributed by atoms with Crippen LogP contribution >= 0.6 is 11.3 Å². The van der Waals surface area contributed by atoms with Gasteiger partial charge in [-0.2, -0.15) is 0 Å². The lowest BCUT2D eigenvalue weighted by molar-refractivity contribution is -0.117. The Morgan fingerprint density at radius 3 is 2.79 bits per heavy atom. The van der Waals surface area contributed by atoms with Crippen molar-refractivity contribution in [3.8, 4) is 0 Å². The molecule has 24 heavy (non-hydrogen) atoms. The van der Waals surface area contributed by atoms with Gasteiger partial charge in [0.15, 0.2) is 5.96 Å². The van der Waals surface area contributed by atoms with E-state index in [2.05, 4.69) is 27.8 Å². The topological polar surface area (TPSA) is 70.7 Å². The van der Waals surface area contributed by atoms with Crippen LogP contribution in [0, 0.1) is 0 Å². The summed E-state index contributed by atoms with van der Waals surface area (Å²) in [7, 11) is 0. The van der Waals surface area contributed by atoms with Crippen molar-refractivity contribution in [2.45, 2.75) is 25.8 Å². The van der Waals surface area contributed by atoms with Gasteiger partial charge in [0.25, 0.3) is 0 Å². The predicted octanol–water partition coefficient (Wildman–Crippen LogP) is 2.52. The van der Waals surface area contributed by atoms with E-state index in [9.17, 15) is 4.79 Å². The van der Waals surface area contributed by atoms with Crippen LogP contribution in [0.3, 0.4) is 0 Å². The molecule has 0 unspecified atom stereocenters. The fourth-order valence-corrected chi connectivity index (χ4v) is 3.41. The molecule has 1 aromatic heterocycles. The van der Waals surface area contributed by atoms with Crippen molar-refractivity contribution in [3.63, 3.8) is 0 Å². The average molecular weight is 342 g/mol. The van der Waals surface area contributed by atoms with Gasteiger partial charge >= 0.3 is 0 Å². The van der Waals surface area contributed by atoms with Crippen molar-refractivity contribution in [1.29, 1.82) is 0 Å². The Hall–Kier alpha value is -2.34. The van der Waals surface area contributed by atoms with Gasteiger partial charge in [-0.1, -0.05) is 18.2 Å². The lowest BCUT2D eigenvalue weighted by Crippen LogP contribution is -2.33. The molecule has 3 rings (SSSR count). The molecule has 1 fully saturated rings.